The zero-order valence-electron chi connectivity index (χ0n) is 22.0. The number of rotatable bonds is 4. The van der Waals surface area contributed by atoms with E-state index in [0.29, 0.717) is 37.4 Å². The van der Waals surface area contributed by atoms with Crippen LogP contribution in [-0.4, -0.2) is 79.8 Å². The molecule has 0 N–H and O–H groups in total. The van der Waals surface area contributed by atoms with Crippen molar-refractivity contribution >= 4 is 27.5 Å². The van der Waals surface area contributed by atoms with Gasteiger partial charge in [0.05, 0.1) is 11.8 Å². The molecule has 0 radical (unpaired) electrons. The van der Waals surface area contributed by atoms with Gasteiger partial charge in [0.15, 0.2) is 9.84 Å². The Labute approximate surface area is 208 Å². The van der Waals surface area contributed by atoms with Crippen molar-refractivity contribution in [2.45, 2.75) is 82.6 Å². The number of carbonyl (C=O) groups excluding carboxylic acids is 2. The molecule has 2 aliphatic rings. The number of hydrogen-bond acceptors (Lipinski definition) is 6. The topological polar surface area (TPSA) is 87.2 Å². The predicted octanol–water partition coefficient (Wildman–Crippen LogP) is 3.57. The van der Waals surface area contributed by atoms with Crippen LogP contribution in [0.5, 0.6) is 0 Å². The van der Waals surface area contributed by atoms with Crippen molar-refractivity contribution in [3.8, 4) is 0 Å². The van der Waals surface area contributed by atoms with E-state index in [0.717, 1.165) is 0 Å². The largest absolute Gasteiger partial charge is 0.444 e. The van der Waals surface area contributed by atoms with Gasteiger partial charge in [-0.15, -0.1) is 0 Å². The molecule has 0 aromatic heterocycles. The average Bonchev–Trinajstić information content (AvgIpc) is 2.96. The van der Waals surface area contributed by atoms with Gasteiger partial charge in [0, 0.05) is 43.3 Å². The first-order valence-corrected chi connectivity index (χ1v) is 13.6. The highest BCUT2D eigenvalue weighted by atomic mass is 32.2. The van der Waals surface area contributed by atoms with Gasteiger partial charge in [-0.3, -0.25) is 9.69 Å². The number of benzene rings is 1. The molecule has 35 heavy (non-hydrogen) atoms. The Morgan fingerprint density at radius 1 is 1.20 bits per heavy atom. The van der Waals surface area contributed by atoms with E-state index in [1.807, 2.05) is 46.4 Å². The van der Waals surface area contributed by atoms with E-state index < -0.39 is 31.9 Å². The molecule has 2 heterocycles. The minimum atomic E-state index is -3.85. The summed E-state index contributed by atoms with van der Waals surface area (Å²) in [7, 11) is -3.85. The van der Waals surface area contributed by atoms with Gasteiger partial charge < -0.3 is 14.5 Å². The van der Waals surface area contributed by atoms with Gasteiger partial charge in [0.1, 0.15) is 16.3 Å². The van der Waals surface area contributed by atoms with Crippen molar-refractivity contribution in [2.75, 3.05) is 37.6 Å². The fourth-order valence-corrected chi connectivity index (χ4v) is 5.73. The summed E-state index contributed by atoms with van der Waals surface area (Å²) in [5.74, 6) is -0.971. The molecule has 1 aromatic rings. The number of nitrogens with zero attached hydrogens (tertiary/aromatic N) is 3. The molecule has 10 heteroatoms. The number of hydrogen-bond donors (Lipinski definition) is 0. The zero-order chi connectivity index (χ0) is 26.5. The van der Waals surface area contributed by atoms with Crippen LogP contribution in [0.3, 0.4) is 0 Å². The molecule has 0 aliphatic carbocycles. The summed E-state index contributed by atoms with van der Waals surface area (Å²) in [5.41, 5.74) is -0.0363. The van der Waals surface area contributed by atoms with Crippen LogP contribution in [0, 0.1) is 5.82 Å². The lowest BCUT2D eigenvalue weighted by molar-refractivity contribution is -0.120. The lowest BCUT2D eigenvalue weighted by atomic mass is 9.87. The van der Waals surface area contributed by atoms with E-state index >= 15 is 0 Å². The average molecular weight is 512 g/mol. The van der Waals surface area contributed by atoms with Gasteiger partial charge >= 0.3 is 6.09 Å². The van der Waals surface area contributed by atoms with Crippen LogP contribution < -0.4 is 4.90 Å². The fraction of sp³-hybridized carbons (Fsp3) is 0.680. The Hall–Kier alpha value is -2.20. The third kappa shape index (κ3) is 5.63. The van der Waals surface area contributed by atoms with Crippen LogP contribution in [0.25, 0.3) is 0 Å². The van der Waals surface area contributed by atoms with Crippen molar-refractivity contribution in [3.63, 3.8) is 0 Å². The van der Waals surface area contributed by atoms with Gasteiger partial charge in [-0.1, -0.05) is 13.8 Å². The fourth-order valence-electron chi connectivity index (χ4n) is 4.61. The van der Waals surface area contributed by atoms with Gasteiger partial charge in [-0.2, -0.15) is 0 Å². The second-order valence-corrected chi connectivity index (χ2v) is 14.0. The van der Waals surface area contributed by atoms with Gasteiger partial charge in [0.25, 0.3) is 0 Å². The number of anilines is 1. The maximum absolute atomic E-state index is 14.9. The minimum absolute atomic E-state index is 0.117. The van der Waals surface area contributed by atoms with Crippen LogP contribution in [0.4, 0.5) is 14.9 Å². The Kier molecular flexibility index (Phi) is 7.32. The molecule has 8 nitrogen and oxygen atoms in total. The van der Waals surface area contributed by atoms with Gasteiger partial charge in [-0.25, -0.2) is 17.6 Å². The zero-order valence-corrected chi connectivity index (χ0v) is 22.8. The molecule has 196 valence electrons. The predicted molar refractivity (Wildman–Crippen MR) is 133 cm³/mol. The summed E-state index contributed by atoms with van der Waals surface area (Å²) in [5, 5.41) is -0.781. The number of halogens is 1. The smallest absolute Gasteiger partial charge is 0.410 e. The molecule has 1 aromatic carbocycles. The molecular formula is C25H38FN3O5S. The molecule has 1 fully saturated rings. The van der Waals surface area contributed by atoms with Crippen molar-refractivity contribution < 1.29 is 27.1 Å². The molecule has 0 bridgehead atoms. The highest BCUT2D eigenvalue weighted by molar-refractivity contribution is 7.92. The monoisotopic (exact) mass is 511 g/mol. The molecule has 0 saturated carbocycles. The summed E-state index contributed by atoms with van der Waals surface area (Å²) >= 11 is 0. The Balaban J connectivity index is 1.78. The quantitative estimate of drug-likeness (QED) is 0.614. The normalized spacial score (nSPS) is 20.8. The van der Waals surface area contributed by atoms with Crippen molar-refractivity contribution in [2.24, 2.45) is 0 Å². The second kappa shape index (κ2) is 9.35. The van der Waals surface area contributed by atoms with E-state index in [9.17, 15) is 22.4 Å². The number of carbonyl (C=O) groups is 2. The summed E-state index contributed by atoms with van der Waals surface area (Å²) in [6, 6.07) is 2.44. The highest BCUT2D eigenvalue weighted by Crippen LogP contribution is 2.43. The molecule has 2 amide bonds. The van der Waals surface area contributed by atoms with E-state index in [1.165, 1.54) is 26.0 Å². The van der Waals surface area contributed by atoms with Crippen LogP contribution in [0.1, 0.15) is 61.0 Å². The van der Waals surface area contributed by atoms with Crippen LogP contribution in [0.15, 0.2) is 17.0 Å². The molecular weight excluding hydrogens is 473 g/mol. The van der Waals surface area contributed by atoms with E-state index in [4.69, 9.17) is 4.74 Å². The van der Waals surface area contributed by atoms with Crippen molar-refractivity contribution in [3.05, 3.63) is 23.5 Å². The third-order valence-corrected chi connectivity index (χ3v) is 8.72. The van der Waals surface area contributed by atoms with Gasteiger partial charge in [-0.05, 0) is 59.2 Å². The standard InChI is InChI=1S/C25H38FN3O5S/c1-16(2)35(32,33)21-12-20-18(11-19(21)26)25(7,8)15-29(20)22(30)14-27-9-10-28(17(3)13-27)23(31)34-24(4,5)6/h11-12,16-17H,9-10,13-15H2,1-8H3/t17-/m1/s1. The maximum Gasteiger partial charge on any atom is 0.410 e. The van der Waals surface area contributed by atoms with Crippen LogP contribution in [0.2, 0.25) is 0 Å². The van der Waals surface area contributed by atoms with Gasteiger partial charge in [0.2, 0.25) is 5.91 Å². The van der Waals surface area contributed by atoms with Crippen molar-refractivity contribution in [1.82, 2.24) is 9.80 Å². The summed E-state index contributed by atoms with van der Waals surface area (Å²) in [6.07, 6.45) is -0.368. The lowest BCUT2D eigenvalue weighted by Gasteiger charge is -2.40. The highest BCUT2D eigenvalue weighted by Gasteiger charge is 2.41. The first-order chi connectivity index (χ1) is 15.9. The van der Waals surface area contributed by atoms with E-state index in [2.05, 4.69) is 0 Å². The number of ether oxygens (including phenoxy) is 1. The number of piperazine rings is 1. The summed E-state index contributed by atoms with van der Waals surface area (Å²) in [4.78, 5) is 30.7. The third-order valence-electron chi connectivity index (χ3n) is 6.55. The minimum Gasteiger partial charge on any atom is -0.444 e. The van der Waals surface area contributed by atoms with E-state index in [-0.39, 0.29) is 29.5 Å². The summed E-state index contributed by atoms with van der Waals surface area (Å²) < 4.78 is 45.8. The molecule has 2 aliphatic heterocycles. The molecule has 1 atom stereocenters. The van der Waals surface area contributed by atoms with E-state index in [1.54, 1.807) is 9.80 Å². The van der Waals surface area contributed by atoms with Crippen LogP contribution >= 0.6 is 0 Å². The Morgan fingerprint density at radius 2 is 1.83 bits per heavy atom. The SMILES string of the molecule is CC(C)S(=O)(=O)c1cc2c(cc1F)C(C)(C)CN2C(=O)CN1CCN(C(=O)OC(C)(C)C)[C@H](C)C1. The Bertz CT molecular complexity index is 1110. The first kappa shape index (κ1) is 27.4. The Morgan fingerprint density at radius 3 is 2.37 bits per heavy atom. The molecule has 3 rings (SSSR count). The molecule has 0 spiro atoms. The molecule has 0 unspecified atom stereocenters. The maximum atomic E-state index is 14.9. The van der Waals surface area contributed by atoms with Crippen molar-refractivity contribution in [1.29, 1.82) is 0 Å². The lowest BCUT2D eigenvalue weighted by Crippen LogP contribution is -2.56. The number of amides is 2. The number of sulfone groups is 1. The summed E-state index contributed by atoms with van der Waals surface area (Å²) in [6.45, 7) is 16.1. The second-order valence-electron chi connectivity index (χ2n) is 11.5. The number of fused-ring (bicyclic) bond motifs is 1. The van der Waals surface area contributed by atoms with Crippen LogP contribution in [-0.2, 0) is 24.8 Å². The first-order valence-electron chi connectivity index (χ1n) is 12.0. The molecule has 1 saturated heterocycles.